The number of amides is 1. The number of aromatic nitrogens is 1. The molecule has 0 atom stereocenters. The molecule has 0 bridgehead atoms. The minimum absolute atomic E-state index is 0.0630. The maximum Gasteiger partial charge on any atom is 0.259 e. The van der Waals surface area contributed by atoms with Crippen molar-refractivity contribution in [3.63, 3.8) is 0 Å². The zero-order valence-electron chi connectivity index (χ0n) is 10.4. The van der Waals surface area contributed by atoms with E-state index in [2.05, 4.69) is 10.3 Å². The van der Waals surface area contributed by atoms with Crippen molar-refractivity contribution in [1.29, 1.82) is 0 Å². The van der Waals surface area contributed by atoms with Crippen LogP contribution in [0, 0.1) is 18.6 Å². The predicted molar refractivity (Wildman–Crippen MR) is 72.7 cm³/mol. The average molecular weight is 298 g/mol. The summed E-state index contributed by atoms with van der Waals surface area (Å²) in [6.45, 7) is 1.46. The first-order valence-electron chi connectivity index (χ1n) is 5.57. The second-order valence-corrected chi connectivity index (χ2v) is 4.47. The molecule has 3 N–H and O–H groups in total. The van der Waals surface area contributed by atoms with Crippen molar-refractivity contribution in [1.82, 2.24) is 4.98 Å². The minimum Gasteiger partial charge on any atom is -0.397 e. The predicted octanol–water partition coefficient (Wildman–Crippen LogP) is 3.16. The van der Waals surface area contributed by atoms with Crippen molar-refractivity contribution >= 4 is 28.9 Å². The third kappa shape index (κ3) is 2.70. The van der Waals surface area contributed by atoms with E-state index in [0.29, 0.717) is 0 Å². The second-order valence-electron chi connectivity index (χ2n) is 4.11. The molecule has 0 spiro atoms. The first-order chi connectivity index (χ1) is 9.40. The fraction of sp³-hybridized carbons (Fsp3) is 0.0769. The number of hydrogen-bond donors (Lipinski definition) is 2. The molecular formula is C13H10ClF2N3O. The maximum absolute atomic E-state index is 13.8. The van der Waals surface area contributed by atoms with Crippen LogP contribution in [0.3, 0.4) is 0 Å². The van der Waals surface area contributed by atoms with Crippen LogP contribution in [0.1, 0.15) is 15.9 Å². The molecule has 0 unspecified atom stereocenters. The first-order valence-corrected chi connectivity index (χ1v) is 5.95. The number of carbonyl (C=O) groups excluding carboxylic acids is 1. The molecule has 2 aromatic rings. The number of halogens is 3. The molecule has 0 radical (unpaired) electrons. The number of benzene rings is 1. The summed E-state index contributed by atoms with van der Waals surface area (Å²) in [7, 11) is 0. The van der Waals surface area contributed by atoms with Gasteiger partial charge in [0.05, 0.1) is 17.4 Å². The highest BCUT2D eigenvalue weighted by Crippen LogP contribution is 2.23. The Morgan fingerprint density at radius 3 is 2.80 bits per heavy atom. The highest BCUT2D eigenvalue weighted by molar-refractivity contribution is 6.33. The van der Waals surface area contributed by atoms with E-state index in [0.717, 1.165) is 6.07 Å². The van der Waals surface area contributed by atoms with Crippen molar-refractivity contribution in [2.24, 2.45) is 0 Å². The van der Waals surface area contributed by atoms with E-state index in [9.17, 15) is 13.6 Å². The Morgan fingerprint density at radius 2 is 2.10 bits per heavy atom. The Morgan fingerprint density at radius 1 is 1.40 bits per heavy atom. The Balaban J connectivity index is 2.38. The van der Waals surface area contributed by atoms with Crippen molar-refractivity contribution in [3.8, 4) is 0 Å². The second kappa shape index (κ2) is 5.42. The van der Waals surface area contributed by atoms with Gasteiger partial charge < -0.3 is 11.1 Å². The van der Waals surface area contributed by atoms with Crippen LogP contribution in [-0.2, 0) is 0 Å². The lowest BCUT2D eigenvalue weighted by atomic mass is 10.2. The van der Waals surface area contributed by atoms with Gasteiger partial charge >= 0.3 is 0 Å². The van der Waals surface area contributed by atoms with Crippen molar-refractivity contribution < 1.29 is 13.6 Å². The van der Waals surface area contributed by atoms with Crippen molar-refractivity contribution in [3.05, 3.63) is 52.3 Å². The van der Waals surface area contributed by atoms with Crippen LogP contribution in [0.15, 0.2) is 24.4 Å². The quantitative estimate of drug-likeness (QED) is 0.837. The molecule has 0 aliphatic heterocycles. The van der Waals surface area contributed by atoms with Gasteiger partial charge in [0, 0.05) is 0 Å². The van der Waals surface area contributed by atoms with Crippen LogP contribution >= 0.6 is 11.6 Å². The van der Waals surface area contributed by atoms with E-state index < -0.39 is 23.2 Å². The van der Waals surface area contributed by atoms with Gasteiger partial charge in [-0.2, -0.15) is 0 Å². The van der Waals surface area contributed by atoms with Gasteiger partial charge in [0.1, 0.15) is 16.7 Å². The molecule has 20 heavy (non-hydrogen) atoms. The summed E-state index contributed by atoms with van der Waals surface area (Å²) >= 11 is 5.75. The van der Waals surface area contributed by atoms with Gasteiger partial charge in [0.25, 0.3) is 5.91 Å². The number of nitrogen functional groups attached to an aromatic ring is 1. The van der Waals surface area contributed by atoms with Gasteiger partial charge in [-0.25, -0.2) is 13.8 Å². The molecule has 1 aromatic heterocycles. The van der Waals surface area contributed by atoms with E-state index in [1.165, 1.54) is 25.3 Å². The zero-order chi connectivity index (χ0) is 14.9. The van der Waals surface area contributed by atoms with E-state index >= 15 is 0 Å². The molecule has 0 aliphatic carbocycles. The van der Waals surface area contributed by atoms with Crippen molar-refractivity contribution in [2.75, 3.05) is 11.1 Å². The van der Waals surface area contributed by atoms with Gasteiger partial charge in [-0.05, 0) is 24.6 Å². The lowest BCUT2D eigenvalue weighted by molar-refractivity contribution is 0.102. The Labute approximate surface area is 118 Å². The summed E-state index contributed by atoms with van der Waals surface area (Å²) in [5.41, 5.74) is 5.32. The third-order valence-electron chi connectivity index (χ3n) is 2.63. The number of carbonyl (C=O) groups is 1. The number of pyridine rings is 1. The summed E-state index contributed by atoms with van der Waals surface area (Å²) in [5.74, 6) is -2.51. The van der Waals surface area contributed by atoms with Gasteiger partial charge in [-0.1, -0.05) is 17.7 Å². The first kappa shape index (κ1) is 14.2. The monoisotopic (exact) mass is 297 g/mol. The highest BCUT2D eigenvalue weighted by atomic mass is 35.5. The largest absolute Gasteiger partial charge is 0.397 e. The fourth-order valence-corrected chi connectivity index (χ4v) is 1.76. The molecule has 0 saturated heterocycles. The summed E-state index contributed by atoms with van der Waals surface area (Å²) < 4.78 is 27.3. The fourth-order valence-electron chi connectivity index (χ4n) is 1.58. The molecule has 0 fully saturated rings. The number of nitrogens with zero attached hydrogens (tertiary/aromatic N) is 1. The smallest absolute Gasteiger partial charge is 0.259 e. The summed E-state index contributed by atoms with van der Waals surface area (Å²) in [6, 6.07) is 3.61. The molecule has 1 amide bonds. The normalized spacial score (nSPS) is 10.4. The minimum atomic E-state index is -0.880. The molecule has 0 aliphatic rings. The van der Waals surface area contributed by atoms with Crippen LogP contribution in [-0.4, -0.2) is 10.9 Å². The molecular weight excluding hydrogens is 288 g/mol. The third-order valence-corrected chi connectivity index (χ3v) is 2.93. The van der Waals surface area contributed by atoms with Gasteiger partial charge in [0.2, 0.25) is 0 Å². The lowest BCUT2D eigenvalue weighted by Crippen LogP contribution is -2.16. The molecule has 4 nitrogen and oxygen atoms in total. The van der Waals surface area contributed by atoms with Crippen LogP contribution in [0.2, 0.25) is 5.15 Å². The van der Waals surface area contributed by atoms with Crippen LogP contribution in [0.25, 0.3) is 0 Å². The van der Waals surface area contributed by atoms with Gasteiger partial charge in [-0.3, -0.25) is 4.79 Å². The summed E-state index contributed by atoms with van der Waals surface area (Å²) in [4.78, 5) is 15.7. The lowest BCUT2D eigenvalue weighted by Gasteiger charge is -2.10. The van der Waals surface area contributed by atoms with E-state index in [1.807, 2.05) is 0 Å². The van der Waals surface area contributed by atoms with E-state index in [1.54, 1.807) is 0 Å². The van der Waals surface area contributed by atoms with E-state index in [4.69, 9.17) is 17.3 Å². The molecule has 2 rings (SSSR count). The number of hydrogen-bond acceptors (Lipinski definition) is 3. The van der Waals surface area contributed by atoms with Crippen LogP contribution < -0.4 is 11.1 Å². The standard InChI is InChI=1S/C13H10ClF2N3O/c1-6-2-3-9(15)11(10(6)16)19-13(20)8-4-7(17)5-18-12(8)14/h2-5H,17H2,1H3,(H,19,20). The zero-order valence-corrected chi connectivity index (χ0v) is 11.1. The maximum atomic E-state index is 13.8. The topological polar surface area (TPSA) is 68.0 Å². The molecule has 1 aromatic carbocycles. The number of anilines is 2. The Kier molecular flexibility index (Phi) is 3.85. The van der Waals surface area contributed by atoms with E-state index in [-0.39, 0.29) is 22.0 Å². The number of aryl methyl sites for hydroxylation is 1. The average Bonchev–Trinajstić information content (AvgIpc) is 2.41. The highest BCUT2D eigenvalue weighted by Gasteiger charge is 2.18. The number of rotatable bonds is 2. The summed E-state index contributed by atoms with van der Waals surface area (Å²) in [5, 5.41) is 2.03. The molecule has 0 saturated carbocycles. The number of nitrogens with one attached hydrogen (secondary N) is 1. The van der Waals surface area contributed by atoms with Crippen LogP contribution in [0.5, 0.6) is 0 Å². The Bertz CT molecular complexity index is 692. The molecule has 1 heterocycles. The number of nitrogens with two attached hydrogens (primary N) is 1. The van der Waals surface area contributed by atoms with Crippen LogP contribution in [0.4, 0.5) is 20.2 Å². The SMILES string of the molecule is Cc1ccc(F)c(NC(=O)c2cc(N)cnc2Cl)c1F. The van der Waals surface area contributed by atoms with Gasteiger partial charge in [-0.15, -0.1) is 0 Å². The summed E-state index contributed by atoms with van der Waals surface area (Å²) in [6.07, 6.45) is 1.27. The Hall–Kier alpha value is -2.21. The molecule has 7 heteroatoms. The van der Waals surface area contributed by atoms with Crippen molar-refractivity contribution in [2.45, 2.75) is 6.92 Å². The van der Waals surface area contributed by atoms with Gasteiger partial charge in [0.15, 0.2) is 5.82 Å². The molecule has 104 valence electrons.